The van der Waals surface area contributed by atoms with E-state index < -0.39 is 0 Å². The van der Waals surface area contributed by atoms with Crippen molar-refractivity contribution >= 4 is 11.4 Å². The molecule has 2 N–H and O–H groups in total. The highest BCUT2D eigenvalue weighted by Gasteiger charge is 2.04. The van der Waals surface area contributed by atoms with E-state index in [9.17, 15) is 0 Å². The minimum atomic E-state index is 0.707. The number of pyridine rings is 1. The lowest BCUT2D eigenvalue weighted by molar-refractivity contribution is 0.415. The Morgan fingerprint density at radius 1 is 1.28 bits per heavy atom. The summed E-state index contributed by atoms with van der Waals surface area (Å²) < 4.78 is 5.21. The quantitative estimate of drug-likeness (QED) is 0.895. The summed E-state index contributed by atoms with van der Waals surface area (Å²) in [6.45, 7) is 0.707. The van der Waals surface area contributed by atoms with Crippen LogP contribution < -0.4 is 15.4 Å². The predicted molar refractivity (Wildman–Crippen MR) is 73.8 cm³/mol. The number of nitrogens with two attached hydrogens (primary N) is 1. The number of rotatable bonds is 4. The van der Waals surface area contributed by atoms with Crippen molar-refractivity contribution in [2.24, 2.45) is 0 Å². The molecule has 2 aromatic rings. The van der Waals surface area contributed by atoms with Crippen LogP contribution in [-0.2, 0) is 6.54 Å². The van der Waals surface area contributed by atoms with E-state index in [1.807, 2.05) is 37.4 Å². The molecule has 0 saturated heterocycles. The van der Waals surface area contributed by atoms with Crippen molar-refractivity contribution in [1.82, 2.24) is 4.98 Å². The highest BCUT2D eigenvalue weighted by atomic mass is 16.5. The number of nitrogens with zero attached hydrogens (tertiary/aromatic N) is 2. The zero-order chi connectivity index (χ0) is 13.0. The molecular weight excluding hydrogens is 226 g/mol. The second-order valence-corrected chi connectivity index (χ2v) is 4.14. The number of hydrogen-bond acceptors (Lipinski definition) is 4. The highest BCUT2D eigenvalue weighted by Crippen LogP contribution is 2.21. The number of methoxy groups -OCH3 is 1. The molecule has 0 aliphatic heterocycles. The van der Waals surface area contributed by atoms with Gasteiger partial charge in [0.15, 0.2) is 0 Å². The molecule has 0 spiro atoms. The summed E-state index contributed by atoms with van der Waals surface area (Å²) in [6, 6.07) is 11.6. The van der Waals surface area contributed by atoms with E-state index in [0.717, 1.165) is 22.8 Å². The fourth-order valence-electron chi connectivity index (χ4n) is 1.77. The van der Waals surface area contributed by atoms with E-state index in [0.29, 0.717) is 6.54 Å². The van der Waals surface area contributed by atoms with Gasteiger partial charge in [0.1, 0.15) is 5.75 Å². The van der Waals surface area contributed by atoms with Gasteiger partial charge in [0.25, 0.3) is 0 Å². The van der Waals surface area contributed by atoms with Crippen molar-refractivity contribution in [1.29, 1.82) is 0 Å². The molecule has 4 nitrogen and oxygen atoms in total. The molecule has 0 aliphatic carbocycles. The van der Waals surface area contributed by atoms with Gasteiger partial charge in [-0.15, -0.1) is 0 Å². The molecular formula is C14H17N3O. The van der Waals surface area contributed by atoms with Crippen LogP contribution in [0.5, 0.6) is 5.75 Å². The van der Waals surface area contributed by atoms with Crippen LogP contribution in [0, 0.1) is 0 Å². The van der Waals surface area contributed by atoms with E-state index in [4.69, 9.17) is 10.5 Å². The lowest BCUT2D eigenvalue weighted by Crippen LogP contribution is -2.17. The third kappa shape index (κ3) is 2.91. The third-order valence-electron chi connectivity index (χ3n) is 2.73. The van der Waals surface area contributed by atoms with Gasteiger partial charge < -0.3 is 15.4 Å². The van der Waals surface area contributed by atoms with Crippen LogP contribution in [-0.4, -0.2) is 19.1 Å². The first-order chi connectivity index (χ1) is 8.69. The van der Waals surface area contributed by atoms with Crippen LogP contribution >= 0.6 is 0 Å². The number of ether oxygens (including phenoxy) is 1. The van der Waals surface area contributed by atoms with Crippen molar-refractivity contribution in [3.8, 4) is 5.75 Å². The van der Waals surface area contributed by atoms with Gasteiger partial charge in [0, 0.05) is 30.7 Å². The maximum atomic E-state index is 5.74. The van der Waals surface area contributed by atoms with Gasteiger partial charge in [-0.1, -0.05) is 6.07 Å². The first-order valence-corrected chi connectivity index (χ1v) is 5.74. The van der Waals surface area contributed by atoms with Crippen molar-refractivity contribution < 1.29 is 4.74 Å². The molecule has 2 rings (SSSR count). The average molecular weight is 243 g/mol. The first kappa shape index (κ1) is 12.2. The number of aromatic nitrogens is 1. The second-order valence-electron chi connectivity index (χ2n) is 4.14. The van der Waals surface area contributed by atoms with Gasteiger partial charge in [-0.25, -0.2) is 0 Å². The van der Waals surface area contributed by atoms with Gasteiger partial charge in [-0.2, -0.15) is 0 Å². The molecule has 94 valence electrons. The monoisotopic (exact) mass is 243 g/mol. The zero-order valence-corrected chi connectivity index (χ0v) is 10.6. The molecule has 1 heterocycles. The Hall–Kier alpha value is -2.23. The van der Waals surface area contributed by atoms with E-state index in [1.165, 1.54) is 0 Å². The fraction of sp³-hybridized carbons (Fsp3) is 0.214. The van der Waals surface area contributed by atoms with E-state index in [1.54, 1.807) is 19.4 Å². The largest absolute Gasteiger partial charge is 0.497 e. The number of hydrogen-bond donors (Lipinski definition) is 1. The maximum absolute atomic E-state index is 5.74. The van der Waals surface area contributed by atoms with E-state index in [-0.39, 0.29) is 0 Å². The second kappa shape index (κ2) is 5.40. The summed E-state index contributed by atoms with van der Waals surface area (Å²) in [5.74, 6) is 0.847. The van der Waals surface area contributed by atoms with Crippen LogP contribution in [0.2, 0.25) is 0 Å². The Labute approximate surface area is 107 Å². The lowest BCUT2D eigenvalue weighted by Gasteiger charge is -2.19. The van der Waals surface area contributed by atoms with E-state index >= 15 is 0 Å². The molecule has 0 saturated carbocycles. The zero-order valence-electron chi connectivity index (χ0n) is 10.6. The summed E-state index contributed by atoms with van der Waals surface area (Å²) in [6.07, 6.45) is 1.73. The molecule has 0 fully saturated rings. The van der Waals surface area contributed by atoms with Gasteiger partial charge in [-0.05, 0) is 24.3 Å². The van der Waals surface area contributed by atoms with Crippen molar-refractivity contribution in [3.05, 3.63) is 48.3 Å². The Kier molecular flexibility index (Phi) is 3.67. The molecule has 4 heteroatoms. The number of nitrogen functional groups attached to an aromatic ring is 1. The maximum Gasteiger partial charge on any atom is 0.120 e. The summed E-state index contributed by atoms with van der Waals surface area (Å²) >= 11 is 0. The number of anilines is 2. The Bertz CT molecular complexity index is 528. The predicted octanol–water partition coefficient (Wildman–Crippen LogP) is 2.31. The van der Waals surface area contributed by atoms with Crippen LogP contribution in [0.25, 0.3) is 0 Å². The fourth-order valence-corrected chi connectivity index (χ4v) is 1.77. The lowest BCUT2D eigenvalue weighted by atomic mass is 10.2. The van der Waals surface area contributed by atoms with Gasteiger partial charge in [0.05, 0.1) is 19.3 Å². The minimum absolute atomic E-state index is 0.707. The smallest absolute Gasteiger partial charge is 0.120 e. The van der Waals surface area contributed by atoms with Crippen molar-refractivity contribution in [2.75, 3.05) is 24.8 Å². The first-order valence-electron chi connectivity index (χ1n) is 5.74. The summed E-state index contributed by atoms with van der Waals surface area (Å²) in [5.41, 5.74) is 8.50. The van der Waals surface area contributed by atoms with Crippen LogP contribution in [0.15, 0.2) is 42.6 Å². The minimum Gasteiger partial charge on any atom is -0.497 e. The Morgan fingerprint density at radius 2 is 2.11 bits per heavy atom. The molecule has 0 atom stereocenters. The third-order valence-corrected chi connectivity index (χ3v) is 2.73. The van der Waals surface area contributed by atoms with Gasteiger partial charge >= 0.3 is 0 Å². The Balaban J connectivity index is 2.13. The molecule has 0 aliphatic rings. The SMILES string of the molecule is COc1cccc(N(C)Cc2cc(N)ccn2)c1. The molecule has 18 heavy (non-hydrogen) atoms. The average Bonchev–Trinajstić information content (AvgIpc) is 2.39. The van der Waals surface area contributed by atoms with Crippen LogP contribution in [0.3, 0.4) is 0 Å². The number of benzene rings is 1. The summed E-state index contributed by atoms with van der Waals surface area (Å²) in [5, 5.41) is 0. The van der Waals surface area contributed by atoms with Crippen molar-refractivity contribution in [3.63, 3.8) is 0 Å². The molecule has 1 aromatic carbocycles. The van der Waals surface area contributed by atoms with Gasteiger partial charge in [-0.3, -0.25) is 4.98 Å². The molecule has 0 unspecified atom stereocenters. The molecule has 0 radical (unpaired) electrons. The van der Waals surface area contributed by atoms with Crippen LogP contribution in [0.1, 0.15) is 5.69 Å². The standard InChI is InChI=1S/C14H17N3O/c1-17(10-12-8-11(15)6-7-16-12)13-4-3-5-14(9-13)18-2/h3-9H,10H2,1-2H3,(H2,15,16). The molecule has 1 aromatic heterocycles. The Morgan fingerprint density at radius 3 is 2.83 bits per heavy atom. The summed E-state index contributed by atoms with van der Waals surface area (Å²) in [7, 11) is 3.68. The molecule has 0 bridgehead atoms. The summed E-state index contributed by atoms with van der Waals surface area (Å²) in [4.78, 5) is 6.40. The highest BCUT2D eigenvalue weighted by molar-refractivity contribution is 5.50. The molecule has 0 amide bonds. The van der Waals surface area contributed by atoms with E-state index in [2.05, 4.69) is 9.88 Å². The van der Waals surface area contributed by atoms with Crippen molar-refractivity contribution in [2.45, 2.75) is 6.54 Å². The topological polar surface area (TPSA) is 51.4 Å². The normalized spacial score (nSPS) is 10.1. The van der Waals surface area contributed by atoms with Crippen LogP contribution in [0.4, 0.5) is 11.4 Å². The van der Waals surface area contributed by atoms with Gasteiger partial charge in [0.2, 0.25) is 0 Å².